The maximum Gasteiger partial charge on any atom is 0.265 e. The van der Waals surface area contributed by atoms with Crippen LogP contribution >= 0.6 is 0 Å². The van der Waals surface area contributed by atoms with E-state index < -0.39 is 12.0 Å². The first kappa shape index (κ1) is 17.0. The molecule has 5 nitrogen and oxygen atoms in total. The van der Waals surface area contributed by atoms with Gasteiger partial charge in [0, 0.05) is 11.3 Å². The molecular formula is C20H22N2O3. The number of carbonyl (C=O) groups is 2. The number of fused-ring (bicyclic) bond motifs is 1. The van der Waals surface area contributed by atoms with Crippen LogP contribution in [0.5, 0.6) is 5.75 Å². The summed E-state index contributed by atoms with van der Waals surface area (Å²) in [5.41, 5.74) is 8.75. The van der Waals surface area contributed by atoms with Gasteiger partial charge >= 0.3 is 0 Å². The Morgan fingerprint density at radius 1 is 1.08 bits per heavy atom. The van der Waals surface area contributed by atoms with Crippen LogP contribution in [0.25, 0.3) is 0 Å². The largest absolute Gasteiger partial charge is 0.481 e. The molecule has 3 N–H and O–H groups in total. The molecule has 0 heterocycles. The van der Waals surface area contributed by atoms with Crippen LogP contribution in [0.2, 0.25) is 0 Å². The fourth-order valence-electron chi connectivity index (χ4n) is 3.06. The predicted octanol–water partition coefficient (Wildman–Crippen LogP) is 3.07. The molecule has 0 unspecified atom stereocenters. The topological polar surface area (TPSA) is 81.4 Å². The van der Waals surface area contributed by atoms with Crippen molar-refractivity contribution in [3.05, 3.63) is 59.2 Å². The highest BCUT2D eigenvalue weighted by Crippen LogP contribution is 2.30. The SMILES string of the molecule is C[C@@H](Oc1cccc2c1CCCC2)C(=O)Nc1ccc(C(N)=O)cc1. The monoisotopic (exact) mass is 338 g/mol. The van der Waals surface area contributed by atoms with Crippen LogP contribution in [0.15, 0.2) is 42.5 Å². The molecule has 0 bridgehead atoms. The molecule has 2 aromatic rings. The molecule has 2 amide bonds. The number of rotatable bonds is 5. The number of nitrogens with two attached hydrogens (primary N) is 1. The minimum Gasteiger partial charge on any atom is -0.481 e. The molecule has 25 heavy (non-hydrogen) atoms. The number of anilines is 1. The zero-order valence-electron chi connectivity index (χ0n) is 14.2. The molecule has 0 saturated heterocycles. The number of amides is 2. The molecule has 3 rings (SSSR count). The molecule has 5 heteroatoms. The van der Waals surface area contributed by atoms with Crippen molar-refractivity contribution in [2.75, 3.05) is 5.32 Å². The first-order valence-electron chi connectivity index (χ1n) is 8.53. The van der Waals surface area contributed by atoms with Crippen LogP contribution in [0.1, 0.15) is 41.3 Å². The van der Waals surface area contributed by atoms with E-state index >= 15 is 0 Å². The van der Waals surface area contributed by atoms with E-state index in [1.54, 1.807) is 31.2 Å². The molecule has 0 saturated carbocycles. The molecular weight excluding hydrogens is 316 g/mol. The third-order valence-electron chi connectivity index (χ3n) is 4.46. The number of benzene rings is 2. The average molecular weight is 338 g/mol. The number of hydrogen-bond acceptors (Lipinski definition) is 3. The van der Waals surface area contributed by atoms with Crippen molar-refractivity contribution >= 4 is 17.5 Å². The molecule has 1 aliphatic carbocycles. The average Bonchev–Trinajstić information content (AvgIpc) is 2.62. The number of aryl methyl sites for hydroxylation is 1. The fraction of sp³-hybridized carbons (Fsp3) is 0.300. The van der Waals surface area contributed by atoms with Crippen LogP contribution in [0.4, 0.5) is 5.69 Å². The second kappa shape index (κ2) is 7.38. The minimum absolute atomic E-state index is 0.236. The Morgan fingerprint density at radius 3 is 2.52 bits per heavy atom. The number of primary amides is 1. The number of carbonyl (C=O) groups excluding carboxylic acids is 2. The molecule has 1 aliphatic rings. The Morgan fingerprint density at radius 2 is 1.80 bits per heavy atom. The molecule has 0 radical (unpaired) electrons. The van der Waals surface area contributed by atoms with Crippen LogP contribution in [-0.4, -0.2) is 17.9 Å². The van der Waals surface area contributed by atoms with Crippen molar-refractivity contribution in [2.24, 2.45) is 5.73 Å². The number of ether oxygens (including phenoxy) is 1. The van der Waals surface area contributed by atoms with Gasteiger partial charge in [0.1, 0.15) is 5.75 Å². The zero-order valence-corrected chi connectivity index (χ0v) is 14.2. The van der Waals surface area contributed by atoms with E-state index in [4.69, 9.17) is 10.5 Å². The second-order valence-electron chi connectivity index (χ2n) is 6.29. The normalized spacial score (nSPS) is 14.3. The van der Waals surface area contributed by atoms with E-state index in [0.717, 1.165) is 25.0 Å². The van der Waals surface area contributed by atoms with Crippen molar-refractivity contribution < 1.29 is 14.3 Å². The van der Waals surface area contributed by atoms with E-state index in [1.807, 2.05) is 12.1 Å². The molecule has 0 spiro atoms. The van der Waals surface area contributed by atoms with Gasteiger partial charge in [-0.25, -0.2) is 0 Å². The second-order valence-corrected chi connectivity index (χ2v) is 6.29. The summed E-state index contributed by atoms with van der Waals surface area (Å²) in [5, 5.41) is 2.79. The van der Waals surface area contributed by atoms with Gasteiger partial charge in [-0.2, -0.15) is 0 Å². The summed E-state index contributed by atoms with van der Waals surface area (Å²) in [4.78, 5) is 23.5. The zero-order chi connectivity index (χ0) is 17.8. The summed E-state index contributed by atoms with van der Waals surface area (Å²) < 4.78 is 5.92. The molecule has 1 atom stereocenters. The summed E-state index contributed by atoms with van der Waals surface area (Å²) in [6, 6.07) is 12.5. The van der Waals surface area contributed by atoms with Crippen molar-refractivity contribution in [3.63, 3.8) is 0 Å². The lowest BCUT2D eigenvalue weighted by Gasteiger charge is -2.22. The van der Waals surface area contributed by atoms with Gasteiger partial charge in [-0.15, -0.1) is 0 Å². The lowest BCUT2D eigenvalue weighted by atomic mass is 9.91. The smallest absolute Gasteiger partial charge is 0.265 e. The van der Waals surface area contributed by atoms with Crippen LogP contribution < -0.4 is 15.8 Å². The van der Waals surface area contributed by atoms with Gasteiger partial charge in [0.25, 0.3) is 5.91 Å². The van der Waals surface area contributed by atoms with E-state index in [9.17, 15) is 9.59 Å². The molecule has 0 aromatic heterocycles. The number of hydrogen-bond donors (Lipinski definition) is 2. The summed E-state index contributed by atoms with van der Waals surface area (Å²) in [7, 11) is 0. The first-order valence-corrected chi connectivity index (χ1v) is 8.53. The van der Waals surface area contributed by atoms with E-state index in [-0.39, 0.29) is 5.91 Å². The highest BCUT2D eigenvalue weighted by atomic mass is 16.5. The predicted molar refractivity (Wildman–Crippen MR) is 96.8 cm³/mol. The van der Waals surface area contributed by atoms with Gasteiger partial charge in [-0.3, -0.25) is 9.59 Å². The van der Waals surface area contributed by atoms with Gasteiger partial charge in [-0.1, -0.05) is 12.1 Å². The summed E-state index contributed by atoms with van der Waals surface area (Å²) in [6.07, 6.45) is 3.80. The maximum atomic E-state index is 12.4. The van der Waals surface area contributed by atoms with E-state index in [1.165, 1.54) is 17.5 Å². The molecule has 130 valence electrons. The molecule has 2 aromatic carbocycles. The Bertz CT molecular complexity index is 784. The van der Waals surface area contributed by atoms with Crippen LogP contribution in [0.3, 0.4) is 0 Å². The summed E-state index contributed by atoms with van der Waals surface area (Å²) in [6.45, 7) is 1.73. The highest BCUT2D eigenvalue weighted by Gasteiger charge is 2.19. The third kappa shape index (κ3) is 3.99. The van der Waals surface area contributed by atoms with Gasteiger partial charge in [0.05, 0.1) is 0 Å². The third-order valence-corrected chi connectivity index (χ3v) is 4.46. The lowest BCUT2D eigenvalue weighted by Crippen LogP contribution is -2.30. The van der Waals surface area contributed by atoms with E-state index in [0.29, 0.717) is 11.3 Å². The Hall–Kier alpha value is -2.82. The van der Waals surface area contributed by atoms with Crippen molar-refractivity contribution in [1.29, 1.82) is 0 Å². The summed E-state index contributed by atoms with van der Waals surface area (Å²) in [5.74, 6) is 0.0626. The quantitative estimate of drug-likeness (QED) is 0.879. The standard InChI is InChI=1S/C20H22N2O3/c1-13(20(24)22-16-11-9-15(10-12-16)19(21)23)25-18-8-4-6-14-5-2-3-7-17(14)18/h4,6,8-13H,2-3,5,7H2,1H3,(H2,21,23)(H,22,24)/t13-/m1/s1. The lowest BCUT2D eigenvalue weighted by molar-refractivity contribution is -0.122. The number of nitrogens with one attached hydrogen (secondary N) is 1. The van der Waals surface area contributed by atoms with Gasteiger partial charge < -0.3 is 15.8 Å². The van der Waals surface area contributed by atoms with E-state index in [2.05, 4.69) is 11.4 Å². The Labute approximate surface area is 147 Å². The van der Waals surface area contributed by atoms with Crippen LogP contribution in [0, 0.1) is 0 Å². The summed E-state index contributed by atoms with van der Waals surface area (Å²) >= 11 is 0. The van der Waals surface area contributed by atoms with Gasteiger partial charge in [0.15, 0.2) is 6.10 Å². The Balaban J connectivity index is 1.66. The fourth-order valence-corrected chi connectivity index (χ4v) is 3.06. The van der Waals surface area contributed by atoms with Crippen molar-refractivity contribution in [3.8, 4) is 5.75 Å². The van der Waals surface area contributed by atoms with Crippen LogP contribution in [-0.2, 0) is 17.6 Å². The molecule has 0 aliphatic heterocycles. The van der Waals surface area contributed by atoms with Crippen molar-refractivity contribution in [2.45, 2.75) is 38.7 Å². The first-order chi connectivity index (χ1) is 12.0. The maximum absolute atomic E-state index is 12.4. The van der Waals surface area contributed by atoms with Gasteiger partial charge in [0.2, 0.25) is 5.91 Å². The van der Waals surface area contributed by atoms with Crippen molar-refractivity contribution in [1.82, 2.24) is 0 Å². The van der Waals surface area contributed by atoms with Gasteiger partial charge in [-0.05, 0) is 74.1 Å². The highest BCUT2D eigenvalue weighted by molar-refractivity contribution is 5.96. The molecule has 0 fully saturated rings. The minimum atomic E-state index is -0.621. The Kier molecular flexibility index (Phi) is 5.03.